The first-order chi connectivity index (χ1) is 30.3. The second-order valence-electron chi connectivity index (χ2n) is 17.5. The Morgan fingerprint density at radius 3 is 1.82 bits per heavy atom. The van der Waals surface area contributed by atoms with Crippen molar-refractivity contribution < 1.29 is 4.42 Å². The lowest BCUT2D eigenvalue weighted by molar-refractivity contribution is 0.327. The Labute approximate surface area is 356 Å². The van der Waals surface area contributed by atoms with Crippen LogP contribution in [-0.2, 0) is 5.41 Å². The molecule has 3 aliphatic rings. The smallest absolute Gasteiger partial charge is 0.143 e. The van der Waals surface area contributed by atoms with E-state index in [1.807, 2.05) is 0 Å². The summed E-state index contributed by atoms with van der Waals surface area (Å²) in [4.78, 5) is 2.54. The molecular weight excluding hydrogens is 739 g/mol. The van der Waals surface area contributed by atoms with Gasteiger partial charge in [-0.3, -0.25) is 0 Å². The van der Waals surface area contributed by atoms with E-state index in [0.717, 1.165) is 61.4 Å². The van der Waals surface area contributed by atoms with E-state index in [0.29, 0.717) is 5.92 Å². The molecule has 0 amide bonds. The summed E-state index contributed by atoms with van der Waals surface area (Å²) in [6.07, 6.45) is 5.32. The highest BCUT2D eigenvalue weighted by Crippen LogP contribution is 2.67. The van der Waals surface area contributed by atoms with Crippen LogP contribution in [0.1, 0.15) is 36.8 Å². The molecule has 2 nitrogen and oxygen atoms in total. The van der Waals surface area contributed by atoms with Crippen LogP contribution >= 0.6 is 0 Å². The molecule has 9 aromatic carbocycles. The zero-order valence-corrected chi connectivity index (χ0v) is 33.9. The number of benzene rings is 9. The van der Waals surface area contributed by atoms with E-state index < -0.39 is 0 Å². The zero-order chi connectivity index (χ0) is 40.1. The minimum atomic E-state index is 0.101. The summed E-state index contributed by atoms with van der Waals surface area (Å²) >= 11 is 0. The number of anilines is 3. The van der Waals surface area contributed by atoms with Crippen LogP contribution in [0.15, 0.2) is 205 Å². The monoisotopic (exact) mass is 781 g/mol. The van der Waals surface area contributed by atoms with Gasteiger partial charge in [0.25, 0.3) is 0 Å². The van der Waals surface area contributed by atoms with Gasteiger partial charge in [-0.05, 0) is 106 Å². The number of nitrogens with zero attached hydrogens (tertiary/aromatic N) is 1. The van der Waals surface area contributed by atoms with Crippen LogP contribution in [0.4, 0.5) is 17.1 Å². The highest BCUT2D eigenvalue weighted by atomic mass is 16.3. The predicted molar refractivity (Wildman–Crippen MR) is 254 cm³/mol. The summed E-state index contributed by atoms with van der Waals surface area (Å²) in [6, 6.07) is 74.0. The molecule has 1 spiro atoms. The number of rotatable bonds is 6. The largest absolute Gasteiger partial charge is 0.455 e. The fourth-order valence-corrected chi connectivity index (χ4v) is 12.2. The first-order valence-corrected chi connectivity index (χ1v) is 22.0. The van der Waals surface area contributed by atoms with Crippen molar-refractivity contribution in [2.24, 2.45) is 11.8 Å². The van der Waals surface area contributed by atoms with Crippen molar-refractivity contribution in [3.05, 3.63) is 211 Å². The highest BCUT2D eigenvalue weighted by molar-refractivity contribution is 6.20. The van der Waals surface area contributed by atoms with E-state index in [4.69, 9.17) is 4.42 Å². The normalized spacial score (nSPS) is 18.6. The molecular formula is C59H43NO. The van der Waals surface area contributed by atoms with Gasteiger partial charge in [-0.15, -0.1) is 0 Å². The van der Waals surface area contributed by atoms with Crippen LogP contribution in [0.3, 0.4) is 0 Å². The lowest BCUT2D eigenvalue weighted by atomic mass is 9.66. The van der Waals surface area contributed by atoms with Gasteiger partial charge in [0.05, 0.1) is 17.1 Å². The maximum absolute atomic E-state index is 6.77. The standard InChI is InChI=1S/C59H43NO/c1-2-16-39(17-3-1)42-19-7-11-28-52(42)60(54-30-13-9-22-45(54)47-25-15-31-55-57(47)49-35-33-40-18-4-5-20-43(40)58(49)61-55)53-29-12-8-21-44(53)46-24-14-27-51-56(46)48-23-6-10-26-50(48)59(51)37-38-32-34-41(59)36-38/h1-31,33,35,38,41H,32,34,36-37H2. The van der Waals surface area contributed by atoms with Gasteiger partial charge in [-0.1, -0.05) is 176 Å². The Balaban J connectivity index is 1.09. The molecule has 2 bridgehead atoms. The number of furan rings is 1. The lowest BCUT2D eigenvalue weighted by Gasteiger charge is -2.36. The van der Waals surface area contributed by atoms with E-state index in [-0.39, 0.29) is 5.41 Å². The molecule has 3 aliphatic carbocycles. The van der Waals surface area contributed by atoms with Gasteiger partial charge in [-0.2, -0.15) is 0 Å². The number of para-hydroxylation sites is 3. The van der Waals surface area contributed by atoms with Gasteiger partial charge in [0.15, 0.2) is 0 Å². The molecule has 3 unspecified atom stereocenters. The molecule has 290 valence electrons. The lowest BCUT2D eigenvalue weighted by Crippen LogP contribution is -2.31. The van der Waals surface area contributed by atoms with Crippen LogP contribution in [0.2, 0.25) is 0 Å². The Bertz CT molecular complexity index is 3360. The van der Waals surface area contributed by atoms with Crippen molar-refractivity contribution in [1.82, 2.24) is 0 Å². The van der Waals surface area contributed by atoms with Crippen molar-refractivity contribution in [1.29, 1.82) is 0 Å². The summed E-state index contributed by atoms with van der Waals surface area (Å²) in [7, 11) is 0. The molecule has 0 radical (unpaired) electrons. The van der Waals surface area contributed by atoms with E-state index in [2.05, 4.69) is 205 Å². The molecule has 0 saturated heterocycles. The number of fused-ring (bicyclic) bond motifs is 13. The van der Waals surface area contributed by atoms with Crippen LogP contribution in [0.5, 0.6) is 0 Å². The molecule has 3 atom stereocenters. The molecule has 0 N–H and O–H groups in total. The second kappa shape index (κ2) is 13.4. The average Bonchev–Trinajstić information content (AvgIpc) is 4.12. The van der Waals surface area contributed by atoms with Crippen molar-refractivity contribution in [3.8, 4) is 44.5 Å². The van der Waals surface area contributed by atoms with E-state index in [1.54, 1.807) is 5.56 Å². The average molecular weight is 782 g/mol. The van der Waals surface area contributed by atoms with Gasteiger partial charge in [-0.25, -0.2) is 0 Å². The second-order valence-corrected chi connectivity index (χ2v) is 17.5. The Hall–Kier alpha value is -7.16. The van der Waals surface area contributed by atoms with E-state index in [1.165, 1.54) is 70.0 Å². The quantitative estimate of drug-likeness (QED) is 0.167. The van der Waals surface area contributed by atoms with Crippen molar-refractivity contribution >= 4 is 49.8 Å². The maximum Gasteiger partial charge on any atom is 0.143 e. The van der Waals surface area contributed by atoms with Crippen LogP contribution < -0.4 is 4.90 Å². The summed E-state index contributed by atoms with van der Waals surface area (Å²) in [5, 5.41) is 4.57. The van der Waals surface area contributed by atoms with Crippen molar-refractivity contribution in [3.63, 3.8) is 0 Å². The van der Waals surface area contributed by atoms with Gasteiger partial charge < -0.3 is 9.32 Å². The van der Waals surface area contributed by atoms with Crippen LogP contribution in [0, 0.1) is 11.8 Å². The Morgan fingerprint density at radius 1 is 0.443 bits per heavy atom. The first kappa shape index (κ1) is 34.7. The van der Waals surface area contributed by atoms with Crippen molar-refractivity contribution in [2.45, 2.75) is 31.1 Å². The number of hydrogen-bond donors (Lipinski definition) is 0. The molecule has 0 aliphatic heterocycles. The Kier molecular flexibility index (Phi) is 7.63. The highest BCUT2D eigenvalue weighted by Gasteiger charge is 2.57. The van der Waals surface area contributed by atoms with E-state index >= 15 is 0 Å². The zero-order valence-electron chi connectivity index (χ0n) is 33.9. The van der Waals surface area contributed by atoms with Gasteiger partial charge in [0, 0.05) is 38.3 Å². The molecule has 2 heteroatoms. The van der Waals surface area contributed by atoms with Gasteiger partial charge >= 0.3 is 0 Å². The SMILES string of the molecule is c1ccc(-c2ccccc2N(c2ccccc2-c2cccc3c2-c2ccccc2C32CC3CCC2C3)c2ccccc2-c2cccc3oc4c5ccccc5ccc4c23)cc1. The minimum absolute atomic E-state index is 0.101. The molecule has 1 aromatic heterocycles. The van der Waals surface area contributed by atoms with Gasteiger partial charge in [0.2, 0.25) is 0 Å². The van der Waals surface area contributed by atoms with Crippen LogP contribution in [0.25, 0.3) is 77.2 Å². The molecule has 2 saturated carbocycles. The molecule has 1 heterocycles. The molecule has 2 fully saturated rings. The first-order valence-electron chi connectivity index (χ1n) is 22.0. The van der Waals surface area contributed by atoms with Gasteiger partial charge in [0.1, 0.15) is 11.2 Å². The minimum Gasteiger partial charge on any atom is -0.455 e. The summed E-state index contributed by atoms with van der Waals surface area (Å²) in [5.41, 5.74) is 18.4. The third-order valence-electron chi connectivity index (χ3n) is 14.6. The fourth-order valence-electron chi connectivity index (χ4n) is 12.2. The molecule has 13 rings (SSSR count). The maximum atomic E-state index is 6.77. The molecule has 61 heavy (non-hydrogen) atoms. The predicted octanol–water partition coefficient (Wildman–Crippen LogP) is 16.3. The Morgan fingerprint density at radius 2 is 1.05 bits per heavy atom. The summed E-state index contributed by atoms with van der Waals surface area (Å²) in [6.45, 7) is 0. The fraction of sp³-hybridized carbons (Fsp3) is 0.119. The third kappa shape index (κ3) is 5.03. The van der Waals surface area contributed by atoms with Crippen molar-refractivity contribution in [2.75, 3.05) is 4.90 Å². The van der Waals surface area contributed by atoms with E-state index in [9.17, 15) is 0 Å². The summed E-state index contributed by atoms with van der Waals surface area (Å²) in [5.74, 6) is 1.52. The third-order valence-corrected chi connectivity index (χ3v) is 14.6. The summed E-state index contributed by atoms with van der Waals surface area (Å²) < 4.78 is 6.77. The number of hydrogen-bond acceptors (Lipinski definition) is 2. The topological polar surface area (TPSA) is 16.4 Å². The van der Waals surface area contributed by atoms with Crippen LogP contribution in [-0.4, -0.2) is 0 Å². The molecule has 10 aromatic rings.